The highest BCUT2D eigenvalue weighted by Gasteiger charge is 2.19. The summed E-state index contributed by atoms with van der Waals surface area (Å²) in [5, 5.41) is 16.6. The summed E-state index contributed by atoms with van der Waals surface area (Å²) < 4.78 is 5.84. The van der Waals surface area contributed by atoms with Crippen molar-refractivity contribution in [3.63, 3.8) is 0 Å². The number of halogens is 1. The number of carboxylic acids is 1. The Hall–Kier alpha value is -1.95. The maximum Gasteiger partial charge on any atom is 0.341 e. The minimum atomic E-state index is -1.10. The number of hydrogen-bond acceptors (Lipinski definition) is 4. The molecular weight excluding hydrogens is 300 g/mol. The van der Waals surface area contributed by atoms with Crippen molar-refractivity contribution < 1.29 is 14.6 Å². The van der Waals surface area contributed by atoms with Crippen LogP contribution in [0.25, 0.3) is 11.1 Å². The average Bonchev–Trinajstić information content (AvgIpc) is 2.38. The van der Waals surface area contributed by atoms with Gasteiger partial charge in [0.1, 0.15) is 5.56 Å². The van der Waals surface area contributed by atoms with Gasteiger partial charge in [-0.1, -0.05) is 28.1 Å². The number of aromatic nitrogens is 2. The SMILES string of the molecule is COc1nncc(-c2ccc(Br)cc2)c1C(=O)O. The fourth-order valence-electron chi connectivity index (χ4n) is 1.57. The normalized spacial score (nSPS) is 10.1. The lowest BCUT2D eigenvalue weighted by Gasteiger charge is -2.08. The highest BCUT2D eigenvalue weighted by molar-refractivity contribution is 9.10. The number of ether oxygens (including phenoxy) is 1. The highest BCUT2D eigenvalue weighted by Crippen LogP contribution is 2.28. The van der Waals surface area contributed by atoms with Crippen LogP contribution in [-0.2, 0) is 0 Å². The molecule has 5 nitrogen and oxygen atoms in total. The summed E-state index contributed by atoms with van der Waals surface area (Å²) in [5.74, 6) is -1.09. The van der Waals surface area contributed by atoms with Crippen LogP contribution in [0.5, 0.6) is 5.88 Å². The molecule has 0 spiro atoms. The van der Waals surface area contributed by atoms with E-state index < -0.39 is 5.97 Å². The second-order valence-electron chi connectivity index (χ2n) is 3.45. The van der Waals surface area contributed by atoms with E-state index in [1.807, 2.05) is 12.1 Å². The molecular formula is C12H9BrN2O3. The monoisotopic (exact) mass is 308 g/mol. The van der Waals surface area contributed by atoms with Gasteiger partial charge in [0.15, 0.2) is 0 Å². The number of hydrogen-bond donors (Lipinski definition) is 1. The lowest BCUT2D eigenvalue weighted by atomic mass is 10.0. The van der Waals surface area contributed by atoms with Crippen LogP contribution in [0, 0.1) is 0 Å². The van der Waals surface area contributed by atoms with Gasteiger partial charge in [-0.25, -0.2) is 4.79 Å². The van der Waals surface area contributed by atoms with Crippen LogP contribution >= 0.6 is 15.9 Å². The van der Waals surface area contributed by atoms with Crippen molar-refractivity contribution in [1.29, 1.82) is 0 Å². The number of benzene rings is 1. The van der Waals surface area contributed by atoms with Crippen LogP contribution in [0.3, 0.4) is 0 Å². The number of aromatic carboxylic acids is 1. The van der Waals surface area contributed by atoms with E-state index in [2.05, 4.69) is 26.1 Å². The number of rotatable bonds is 3. The molecule has 0 atom stereocenters. The maximum atomic E-state index is 11.3. The van der Waals surface area contributed by atoms with E-state index in [0.717, 1.165) is 10.0 Å². The van der Waals surface area contributed by atoms with Gasteiger partial charge in [-0.15, -0.1) is 5.10 Å². The predicted octanol–water partition coefficient (Wildman–Crippen LogP) is 2.61. The number of methoxy groups -OCH3 is 1. The zero-order valence-electron chi connectivity index (χ0n) is 9.42. The molecule has 0 unspecified atom stereocenters. The summed E-state index contributed by atoms with van der Waals surface area (Å²) >= 11 is 3.32. The van der Waals surface area contributed by atoms with Crippen molar-refractivity contribution in [1.82, 2.24) is 10.2 Å². The molecule has 2 rings (SSSR count). The van der Waals surface area contributed by atoms with E-state index in [1.54, 1.807) is 12.1 Å². The molecule has 18 heavy (non-hydrogen) atoms. The molecule has 0 bridgehead atoms. The summed E-state index contributed by atoms with van der Waals surface area (Å²) in [5.41, 5.74) is 1.22. The van der Waals surface area contributed by atoms with E-state index in [9.17, 15) is 9.90 Å². The fraction of sp³-hybridized carbons (Fsp3) is 0.0833. The maximum absolute atomic E-state index is 11.3. The van der Waals surface area contributed by atoms with Crippen LogP contribution in [0.1, 0.15) is 10.4 Å². The Kier molecular flexibility index (Phi) is 3.57. The topological polar surface area (TPSA) is 72.3 Å². The molecule has 6 heteroatoms. The van der Waals surface area contributed by atoms with Gasteiger partial charge >= 0.3 is 5.97 Å². The lowest BCUT2D eigenvalue weighted by Crippen LogP contribution is -2.06. The molecule has 1 heterocycles. The molecule has 1 aromatic heterocycles. The Morgan fingerprint density at radius 3 is 2.56 bits per heavy atom. The third-order valence-electron chi connectivity index (χ3n) is 2.38. The molecule has 0 fully saturated rings. The zero-order chi connectivity index (χ0) is 13.1. The van der Waals surface area contributed by atoms with Gasteiger partial charge in [-0.2, -0.15) is 5.10 Å². The molecule has 0 radical (unpaired) electrons. The van der Waals surface area contributed by atoms with Gasteiger partial charge in [0.05, 0.1) is 13.3 Å². The lowest BCUT2D eigenvalue weighted by molar-refractivity contribution is 0.0693. The quantitative estimate of drug-likeness (QED) is 0.943. The minimum absolute atomic E-state index is 0.00270. The molecule has 1 aromatic carbocycles. The van der Waals surface area contributed by atoms with Crippen molar-refractivity contribution in [2.24, 2.45) is 0 Å². The van der Waals surface area contributed by atoms with E-state index in [-0.39, 0.29) is 11.4 Å². The zero-order valence-corrected chi connectivity index (χ0v) is 11.0. The van der Waals surface area contributed by atoms with Gasteiger partial charge < -0.3 is 9.84 Å². The molecule has 0 aliphatic carbocycles. The van der Waals surface area contributed by atoms with E-state index in [1.165, 1.54) is 13.3 Å². The minimum Gasteiger partial charge on any atom is -0.479 e. The smallest absolute Gasteiger partial charge is 0.341 e. The summed E-state index contributed by atoms with van der Waals surface area (Å²) in [4.78, 5) is 11.3. The Morgan fingerprint density at radius 1 is 1.33 bits per heavy atom. The second kappa shape index (κ2) is 5.14. The van der Waals surface area contributed by atoms with Gasteiger partial charge in [0, 0.05) is 10.0 Å². The molecule has 92 valence electrons. The Labute approximate surface area is 112 Å². The molecule has 0 aliphatic rings. The first kappa shape index (κ1) is 12.5. The third kappa shape index (κ3) is 2.33. The van der Waals surface area contributed by atoms with Crippen molar-refractivity contribution in [3.05, 3.63) is 40.5 Å². The molecule has 0 amide bonds. The number of carboxylic acid groups (broad SMARTS) is 1. The molecule has 0 aliphatic heterocycles. The van der Waals surface area contributed by atoms with Gasteiger partial charge in [-0.05, 0) is 17.7 Å². The van der Waals surface area contributed by atoms with E-state index in [0.29, 0.717) is 5.56 Å². The molecule has 0 saturated carbocycles. The number of carbonyl (C=O) groups is 1. The largest absolute Gasteiger partial charge is 0.479 e. The van der Waals surface area contributed by atoms with Gasteiger partial charge in [0.2, 0.25) is 5.88 Å². The molecule has 2 aromatic rings. The first-order valence-electron chi connectivity index (χ1n) is 5.02. The van der Waals surface area contributed by atoms with Crippen LogP contribution in [-0.4, -0.2) is 28.4 Å². The van der Waals surface area contributed by atoms with Crippen molar-refractivity contribution >= 4 is 21.9 Å². The van der Waals surface area contributed by atoms with Crippen molar-refractivity contribution in [2.45, 2.75) is 0 Å². The van der Waals surface area contributed by atoms with Crippen LogP contribution in [0.2, 0.25) is 0 Å². The van der Waals surface area contributed by atoms with Crippen molar-refractivity contribution in [2.75, 3.05) is 7.11 Å². The third-order valence-corrected chi connectivity index (χ3v) is 2.91. The van der Waals surface area contributed by atoms with E-state index in [4.69, 9.17) is 4.74 Å². The summed E-state index contributed by atoms with van der Waals surface area (Å²) in [6, 6.07) is 7.25. The van der Waals surface area contributed by atoms with Gasteiger partial charge in [-0.3, -0.25) is 0 Å². The van der Waals surface area contributed by atoms with Gasteiger partial charge in [0.25, 0.3) is 0 Å². The Balaban J connectivity index is 2.63. The van der Waals surface area contributed by atoms with Crippen molar-refractivity contribution in [3.8, 4) is 17.0 Å². The summed E-state index contributed by atoms with van der Waals surface area (Å²) in [6.45, 7) is 0. The molecule has 1 N–H and O–H groups in total. The Morgan fingerprint density at radius 2 is 2.00 bits per heavy atom. The fourth-order valence-corrected chi connectivity index (χ4v) is 1.83. The van der Waals surface area contributed by atoms with Crippen LogP contribution in [0.4, 0.5) is 0 Å². The average molecular weight is 309 g/mol. The first-order chi connectivity index (χ1) is 8.63. The van der Waals surface area contributed by atoms with Crippen LogP contribution in [0.15, 0.2) is 34.9 Å². The highest BCUT2D eigenvalue weighted by atomic mass is 79.9. The Bertz CT molecular complexity index is 584. The van der Waals surface area contributed by atoms with Crippen LogP contribution < -0.4 is 4.74 Å². The summed E-state index contributed by atoms with van der Waals surface area (Å²) in [6.07, 6.45) is 1.41. The predicted molar refractivity (Wildman–Crippen MR) is 68.7 cm³/mol. The first-order valence-corrected chi connectivity index (χ1v) is 5.81. The van der Waals surface area contributed by atoms with E-state index >= 15 is 0 Å². The molecule has 0 saturated heterocycles. The number of nitrogens with zero attached hydrogens (tertiary/aromatic N) is 2. The summed E-state index contributed by atoms with van der Waals surface area (Å²) in [7, 11) is 1.36. The second-order valence-corrected chi connectivity index (χ2v) is 4.37. The standard InChI is InChI=1S/C12H9BrN2O3/c1-18-11-10(12(16)17)9(6-14-15-11)7-2-4-8(13)5-3-7/h2-6H,1H3,(H,16,17).